The Morgan fingerprint density at radius 3 is 2.65 bits per heavy atom. The van der Waals surface area contributed by atoms with Crippen LogP contribution in [0.4, 0.5) is 0 Å². The Hall–Kier alpha value is -1.49. The summed E-state index contributed by atoms with van der Waals surface area (Å²) >= 11 is 1.65. The van der Waals surface area contributed by atoms with Gasteiger partial charge in [0.05, 0.1) is 5.92 Å². The molecule has 1 fully saturated rings. The number of rotatable bonds is 5. The molecule has 2 unspecified atom stereocenters. The second-order valence-electron chi connectivity index (χ2n) is 4.97. The highest BCUT2D eigenvalue weighted by Crippen LogP contribution is 2.26. The molecule has 4 nitrogen and oxygen atoms in total. The second-order valence-corrected chi connectivity index (χ2v) is 6.14. The summed E-state index contributed by atoms with van der Waals surface area (Å²) in [5.41, 5.74) is 0. The minimum Gasteiger partial charge on any atom is -0.481 e. The fraction of sp³-hybridized carbons (Fsp3) is 0.467. The summed E-state index contributed by atoms with van der Waals surface area (Å²) in [5, 5.41) is 9.07. The second kappa shape index (κ2) is 6.79. The SMILES string of the molecule is CC1C(C(=O)O)CCN1C(=O)CCSc1ccccc1. The van der Waals surface area contributed by atoms with Gasteiger partial charge in [0, 0.05) is 29.7 Å². The number of hydrogen-bond donors (Lipinski definition) is 1. The molecule has 0 saturated carbocycles. The van der Waals surface area contributed by atoms with Crippen LogP contribution in [0, 0.1) is 5.92 Å². The summed E-state index contributed by atoms with van der Waals surface area (Å²) in [4.78, 5) is 26.0. The van der Waals surface area contributed by atoms with E-state index in [1.54, 1.807) is 16.7 Å². The van der Waals surface area contributed by atoms with Gasteiger partial charge in [0.25, 0.3) is 0 Å². The smallest absolute Gasteiger partial charge is 0.308 e. The molecule has 108 valence electrons. The predicted molar refractivity (Wildman–Crippen MR) is 78.7 cm³/mol. The summed E-state index contributed by atoms with van der Waals surface area (Å²) in [5.74, 6) is -0.430. The van der Waals surface area contributed by atoms with E-state index >= 15 is 0 Å². The molecule has 1 N–H and O–H groups in total. The maximum absolute atomic E-state index is 12.1. The van der Waals surface area contributed by atoms with Crippen molar-refractivity contribution in [3.8, 4) is 0 Å². The summed E-state index contributed by atoms with van der Waals surface area (Å²) in [6.07, 6.45) is 1.02. The molecule has 1 amide bonds. The van der Waals surface area contributed by atoms with Crippen molar-refractivity contribution in [2.24, 2.45) is 5.92 Å². The molecule has 5 heteroatoms. The number of benzene rings is 1. The number of carboxylic acids is 1. The Morgan fingerprint density at radius 1 is 1.35 bits per heavy atom. The van der Waals surface area contributed by atoms with Crippen LogP contribution in [-0.4, -0.2) is 40.2 Å². The highest BCUT2D eigenvalue weighted by molar-refractivity contribution is 7.99. The Bertz CT molecular complexity index is 477. The van der Waals surface area contributed by atoms with E-state index in [2.05, 4.69) is 0 Å². The van der Waals surface area contributed by atoms with E-state index in [-0.39, 0.29) is 11.9 Å². The van der Waals surface area contributed by atoms with Crippen molar-refractivity contribution in [3.05, 3.63) is 30.3 Å². The van der Waals surface area contributed by atoms with Crippen LogP contribution in [0.2, 0.25) is 0 Å². The third-order valence-corrected chi connectivity index (χ3v) is 4.73. The zero-order chi connectivity index (χ0) is 14.5. The van der Waals surface area contributed by atoms with Gasteiger partial charge in [0.2, 0.25) is 5.91 Å². The summed E-state index contributed by atoms with van der Waals surface area (Å²) < 4.78 is 0. The van der Waals surface area contributed by atoms with Gasteiger partial charge in [-0.05, 0) is 25.5 Å². The van der Waals surface area contributed by atoms with Crippen molar-refractivity contribution in [2.75, 3.05) is 12.3 Å². The normalized spacial score (nSPS) is 21.9. The minimum absolute atomic E-state index is 0.0599. The predicted octanol–water partition coefficient (Wildman–Crippen LogP) is 2.49. The highest BCUT2D eigenvalue weighted by atomic mass is 32.2. The van der Waals surface area contributed by atoms with Crippen molar-refractivity contribution in [3.63, 3.8) is 0 Å². The quantitative estimate of drug-likeness (QED) is 0.847. The lowest BCUT2D eigenvalue weighted by atomic mass is 10.0. The molecule has 1 aromatic carbocycles. The molecule has 20 heavy (non-hydrogen) atoms. The molecule has 1 saturated heterocycles. The highest BCUT2D eigenvalue weighted by Gasteiger charge is 2.37. The van der Waals surface area contributed by atoms with Gasteiger partial charge in [-0.1, -0.05) is 18.2 Å². The van der Waals surface area contributed by atoms with Crippen molar-refractivity contribution < 1.29 is 14.7 Å². The number of carbonyl (C=O) groups is 2. The molecule has 0 aromatic heterocycles. The fourth-order valence-corrected chi connectivity index (χ4v) is 3.40. The zero-order valence-corrected chi connectivity index (χ0v) is 12.3. The van der Waals surface area contributed by atoms with E-state index in [4.69, 9.17) is 5.11 Å². The fourth-order valence-electron chi connectivity index (χ4n) is 2.54. The van der Waals surface area contributed by atoms with Crippen LogP contribution in [0.25, 0.3) is 0 Å². The molecule has 0 aliphatic carbocycles. The molecule has 2 rings (SSSR count). The van der Waals surface area contributed by atoms with Gasteiger partial charge in [-0.25, -0.2) is 0 Å². The van der Waals surface area contributed by atoms with Gasteiger partial charge < -0.3 is 10.0 Å². The molecule has 1 aliphatic heterocycles. The summed E-state index contributed by atoms with van der Waals surface area (Å²) in [6.45, 7) is 2.39. The lowest BCUT2D eigenvalue weighted by molar-refractivity contribution is -0.143. The van der Waals surface area contributed by atoms with Crippen LogP contribution < -0.4 is 0 Å². The molecule has 0 spiro atoms. The third kappa shape index (κ3) is 3.54. The largest absolute Gasteiger partial charge is 0.481 e. The lowest BCUT2D eigenvalue weighted by Crippen LogP contribution is -2.37. The van der Waals surface area contributed by atoms with Crippen LogP contribution in [0.15, 0.2) is 35.2 Å². The molecule has 1 aliphatic rings. The Morgan fingerprint density at radius 2 is 2.05 bits per heavy atom. The first-order chi connectivity index (χ1) is 9.59. The molecule has 0 bridgehead atoms. The van der Waals surface area contributed by atoms with E-state index in [0.29, 0.717) is 19.4 Å². The number of hydrogen-bond acceptors (Lipinski definition) is 3. The van der Waals surface area contributed by atoms with E-state index in [9.17, 15) is 9.59 Å². The first-order valence-corrected chi connectivity index (χ1v) is 7.78. The number of amides is 1. The third-order valence-electron chi connectivity index (χ3n) is 3.72. The van der Waals surface area contributed by atoms with Crippen LogP contribution >= 0.6 is 11.8 Å². The van der Waals surface area contributed by atoms with Gasteiger partial charge >= 0.3 is 5.97 Å². The van der Waals surface area contributed by atoms with Gasteiger partial charge in [-0.15, -0.1) is 11.8 Å². The van der Waals surface area contributed by atoms with Gasteiger partial charge in [-0.3, -0.25) is 9.59 Å². The van der Waals surface area contributed by atoms with Crippen molar-refractivity contribution in [1.29, 1.82) is 0 Å². The Labute approximate surface area is 123 Å². The first-order valence-electron chi connectivity index (χ1n) is 6.79. The molecule has 1 heterocycles. The van der Waals surface area contributed by atoms with Crippen LogP contribution in [0.3, 0.4) is 0 Å². The number of nitrogens with zero attached hydrogens (tertiary/aromatic N) is 1. The van der Waals surface area contributed by atoms with Gasteiger partial charge in [0.1, 0.15) is 0 Å². The maximum Gasteiger partial charge on any atom is 0.308 e. The monoisotopic (exact) mass is 293 g/mol. The van der Waals surface area contributed by atoms with Crippen LogP contribution in [0.5, 0.6) is 0 Å². The number of thioether (sulfide) groups is 1. The molecular formula is C15H19NO3S. The number of carboxylic acid groups (broad SMARTS) is 1. The number of carbonyl (C=O) groups excluding carboxylic acids is 1. The number of likely N-dealkylation sites (tertiary alicyclic amines) is 1. The van der Waals surface area contributed by atoms with Crippen molar-refractivity contribution in [2.45, 2.75) is 30.7 Å². The van der Waals surface area contributed by atoms with E-state index in [0.717, 1.165) is 10.6 Å². The van der Waals surface area contributed by atoms with E-state index in [1.165, 1.54) is 0 Å². The van der Waals surface area contributed by atoms with Gasteiger partial charge in [-0.2, -0.15) is 0 Å². The standard InChI is InChI=1S/C15H19NO3S/c1-11-13(15(18)19)7-9-16(11)14(17)8-10-20-12-5-3-2-4-6-12/h2-6,11,13H,7-10H2,1H3,(H,18,19). The zero-order valence-electron chi connectivity index (χ0n) is 11.5. The summed E-state index contributed by atoms with van der Waals surface area (Å²) in [7, 11) is 0. The van der Waals surface area contributed by atoms with Crippen molar-refractivity contribution >= 4 is 23.6 Å². The minimum atomic E-state index is -0.800. The van der Waals surface area contributed by atoms with E-state index in [1.807, 2.05) is 37.3 Å². The Kier molecular flexibility index (Phi) is 5.06. The molecule has 1 aromatic rings. The topological polar surface area (TPSA) is 57.6 Å². The van der Waals surface area contributed by atoms with Gasteiger partial charge in [0.15, 0.2) is 0 Å². The average Bonchev–Trinajstić information content (AvgIpc) is 2.82. The number of aliphatic carboxylic acids is 1. The van der Waals surface area contributed by atoms with Crippen molar-refractivity contribution in [1.82, 2.24) is 4.90 Å². The Balaban J connectivity index is 1.80. The summed E-state index contributed by atoms with van der Waals surface area (Å²) in [6, 6.07) is 9.77. The van der Waals surface area contributed by atoms with Crippen LogP contribution in [-0.2, 0) is 9.59 Å². The molecular weight excluding hydrogens is 274 g/mol. The first kappa shape index (κ1) is 14.9. The maximum atomic E-state index is 12.1. The molecule has 2 atom stereocenters. The van der Waals surface area contributed by atoms with Crippen LogP contribution in [0.1, 0.15) is 19.8 Å². The van der Waals surface area contributed by atoms with E-state index < -0.39 is 11.9 Å². The lowest BCUT2D eigenvalue weighted by Gasteiger charge is -2.23. The average molecular weight is 293 g/mol. The molecule has 0 radical (unpaired) electrons.